The molecule has 7 heteroatoms. The van der Waals surface area contributed by atoms with Gasteiger partial charge in [-0.3, -0.25) is 4.79 Å². The van der Waals surface area contributed by atoms with Crippen molar-refractivity contribution in [1.29, 1.82) is 0 Å². The van der Waals surface area contributed by atoms with Crippen LogP contribution in [0.25, 0.3) is 0 Å². The number of carboxylic acid groups (broad SMARTS) is 1. The number of rotatable bonds is 6. The van der Waals surface area contributed by atoms with Crippen LogP contribution in [0.2, 0.25) is 0 Å². The van der Waals surface area contributed by atoms with Crippen LogP contribution >= 0.6 is 0 Å². The maximum atomic E-state index is 12.1. The Balaban J connectivity index is 2.03. The average Bonchev–Trinajstić information content (AvgIpc) is 2.90. The van der Waals surface area contributed by atoms with Crippen molar-refractivity contribution in [3.05, 3.63) is 46.8 Å². The number of methoxy groups -OCH3 is 1. The third-order valence-electron chi connectivity index (χ3n) is 3.40. The van der Waals surface area contributed by atoms with Crippen LogP contribution in [0.3, 0.4) is 0 Å². The number of aromatic carboxylic acids is 1. The van der Waals surface area contributed by atoms with Gasteiger partial charge in [0.1, 0.15) is 11.3 Å². The summed E-state index contributed by atoms with van der Waals surface area (Å²) in [6.45, 7) is 3.20. The molecule has 122 valence electrons. The Bertz CT molecular complexity index is 706. The maximum absolute atomic E-state index is 12.1. The first kappa shape index (κ1) is 16.5. The number of carbonyl (C=O) groups excluding carboxylic acids is 1. The summed E-state index contributed by atoms with van der Waals surface area (Å²) in [4.78, 5) is 23.3. The summed E-state index contributed by atoms with van der Waals surface area (Å²) < 4.78 is 10.1. The Hall–Kier alpha value is -2.83. The minimum Gasteiger partial charge on any atom is -0.497 e. The Morgan fingerprint density at radius 2 is 2.00 bits per heavy atom. The van der Waals surface area contributed by atoms with E-state index in [4.69, 9.17) is 9.26 Å². The van der Waals surface area contributed by atoms with Crippen molar-refractivity contribution in [1.82, 2.24) is 10.5 Å². The van der Waals surface area contributed by atoms with Gasteiger partial charge in [0.25, 0.3) is 0 Å². The van der Waals surface area contributed by atoms with Crippen LogP contribution < -0.4 is 10.1 Å². The van der Waals surface area contributed by atoms with E-state index in [2.05, 4.69) is 10.5 Å². The normalized spacial score (nSPS) is 11.8. The fourth-order valence-corrected chi connectivity index (χ4v) is 2.23. The van der Waals surface area contributed by atoms with Crippen molar-refractivity contribution in [2.75, 3.05) is 7.11 Å². The van der Waals surface area contributed by atoms with Gasteiger partial charge < -0.3 is 19.7 Å². The highest BCUT2D eigenvalue weighted by atomic mass is 16.5. The van der Waals surface area contributed by atoms with Crippen molar-refractivity contribution in [2.24, 2.45) is 0 Å². The molecule has 7 nitrogen and oxygen atoms in total. The fourth-order valence-electron chi connectivity index (χ4n) is 2.23. The lowest BCUT2D eigenvalue weighted by Gasteiger charge is -2.12. The molecular weight excluding hydrogens is 300 g/mol. The third kappa shape index (κ3) is 3.88. The van der Waals surface area contributed by atoms with Gasteiger partial charge in [-0.1, -0.05) is 17.3 Å². The van der Waals surface area contributed by atoms with Crippen molar-refractivity contribution >= 4 is 11.9 Å². The van der Waals surface area contributed by atoms with Crippen LogP contribution in [0, 0.1) is 6.92 Å². The SMILES string of the molecule is COc1ccc(CC(=O)NC(C)c2onc(C)c2C(=O)O)cc1. The number of amides is 1. The Labute approximate surface area is 133 Å². The van der Waals surface area contributed by atoms with E-state index in [9.17, 15) is 14.7 Å². The van der Waals surface area contributed by atoms with Crippen LogP contribution in [0.1, 0.15) is 40.3 Å². The molecule has 1 aromatic heterocycles. The van der Waals surface area contributed by atoms with E-state index in [0.717, 1.165) is 5.56 Å². The monoisotopic (exact) mass is 318 g/mol. The van der Waals surface area contributed by atoms with E-state index >= 15 is 0 Å². The molecule has 2 aromatic rings. The lowest BCUT2D eigenvalue weighted by molar-refractivity contribution is -0.121. The number of nitrogens with zero attached hydrogens (tertiary/aromatic N) is 1. The average molecular weight is 318 g/mol. The fraction of sp³-hybridized carbons (Fsp3) is 0.312. The number of aryl methyl sites for hydroxylation is 1. The second-order valence-corrected chi connectivity index (χ2v) is 5.13. The molecule has 0 aliphatic rings. The molecule has 0 saturated carbocycles. The Kier molecular flexibility index (Phi) is 5.00. The molecule has 0 aliphatic heterocycles. The molecule has 2 N–H and O–H groups in total. The third-order valence-corrected chi connectivity index (χ3v) is 3.40. The molecule has 0 spiro atoms. The molecule has 1 amide bonds. The maximum Gasteiger partial charge on any atom is 0.341 e. The molecule has 1 atom stereocenters. The van der Waals surface area contributed by atoms with Gasteiger partial charge in [0, 0.05) is 0 Å². The van der Waals surface area contributed by atoms with Gasteiger partial charge in [0.05, 0.1) is 25.3 Å². The van der Waals surface area contributed by atoms with E-state index in [1.807, 2.05) is 0 Å². The molecule has 0 radical (unpaired) electrons. The lowest BCUT2D eigenvalue weighted by atomic mass is 10.1. The predicted molar refractivity (Wildman–Crippen MR) is 81.5 cm³/mol. The van der Waals surface area contributed by atoms with Crippen LogP contribution in [0.5, 0.6) is 5.75 Å². The number of carbonyl (C=O) groups is 2. The lowest BCUT2D eigenvalue weighted by Crippen LogP contribution is -2.28. The Morgan fingerprint density at radius 1 is 1.35 bits per heavy atom. The summed E-state index contributed by atoms with van der Waals surface area (Å²) in [7, 11) is 1.57. The molecule has 1 unspecified atom stereocenters. The summed E-state index contributed by atoms with van der Waals surface area (Å²) in [5, 5.41) is 15.5. The van der Waals surface area contributed by atoms with Crippen LogP contribution in [-0.2, 0) is 11.2 Å². The van der Waals surface area contributed by atoms with Gasteiger partial charge in [-0.15, -0.1) is 0 Å². The standard InChI is InChI=1S/C16H18N2O5/c1-9-14(16(20)21)15(23-18-9)10(2)17-13(19)8-11-4-6-12(22-3)7-5-11/h4-7,10H,8H2,1-3H3,(H,17,19)(H,20,21). The summed E-state index contributed by atoms with van der Waals surface area (Å²) in [5.74, 6) is -0.521. The van der Waals surface area contributed by atoms with Crippen molar-refractivity contribution < 1.29 is 24.0 Å². The predicted octanol–water partition coefficient (Wildman–Crippen LogP) is 2.11. The topological polar surface area (TPSA) is 102 Å². The van der Waals surface area contributed by atoms with Crippen LogP contribution in [-0.4, -0.2) is 29.2 Å². The first-order valence-electron chi connectivity index (χ1n) is 7.04. The van der Waals surface area contributed by atoms with Crippen molar-refractivity contribution in [3.8, 4) is 5.75 Å². The molecule has 23 heavy (non-hydrogen) atoms. The van der Waals surface area contributed by atoms with Gasteiger partial charge in [0.2, 0.25) is 5.91 Å². The minimum atomic E-state index is -1.13. The van der Waals surface area contributed by atoms with Crippen molar-refractivity contribution in [3.63, 3.8) is 0 Å². The van der Waals surface area contributed by atoms with E-state index in [-0.39, 0.29) is 29.3 Å². The zero-order chi connectivity index (χ0) is 17.0. The first-order chi connectivity index (χ1) is 10.9. The summed E-state index contributed by atoms with van der Waals surface area (Å²) in [6.07, 6.45) is 0.170. The molecule has 1 heterocycles. The highest BCUT2D eigenvalue weighted by Crippen LogP contribution is 2.21. The van der Waals surface area contributed by atoms with Crippen molar-refractivity contribution in [2.45, 2.75) is 26.3 Å². The number of carboxylic acids is 1. The summed E-state index contributed by atoms with van der Waals surface area (Å²) >= 11 is 0. The molecule has 1 aromatic carbocycles. The van der Waals surface area contributed by atoms with Gasteiger partial charge in [-0.2, -0.15) is 0 Å². The molecule has 0 bridgehead atoms. The number of hydrogen-bond donors (Lipinski definition) is 2. The molecule has 2 rings (SSSR count). The first-order valence-corrected chi connectivity index (χ1v) is 7.04. The zero-order valence-corrected chi connectivity index (χ0v) is 13.1. The van der Waals surface area contributed by atoms with E-state index in [1.54, 1.807) is 45.2 Å². The number of aromatic nitrogens is 1. The highest BCUT2D eigenvalue weighted by molar-refractivity contribution is 5.90. The highest BCUT2D eigenvalue weighted by Gasteiger charge is 2.25. The second-order valence-electron chi connectivity index (χ2n) is 5.13. The van der Waals surface area contributed by atoms with Gasteiger partial charge in [-0.25, -0.2) is 4.79 Å². The molecule has 0 aliphatic carbocycles. The minimum absolute atomic E-state index is 0.0118. The number of benzene rings is 1. The van der Waals surface area contributed by atoms with Crippen LogP contribution in [0.4, 0.5) is 0 Å². The van der Waals surface area contributed by atoms with Gasteiger partial charge in [0.15, 0.2) is 5.76 Å². The second kappa shape index (κ2) is 6.95. The quantitative estimate of drug-likeness (QED) is 0.846. The Morgan fingerprint density at radius 3 is 2.57 bits per heavy atom. The molecular formula is C16H18N2O5. The van der Waals surface area contributed by atoms with E-state index in [0.29, 0.717) is 5.75 Å². The summed E-state index contributed by atoms with van der Waals surface area (Å²) in [5.41, 5.74) is 1.09. The number of hydrogen-bond acceptors (Lipinski definition) is 5. The van der Waals surface area contributed by atoms with Crippen LogP contribution in [0.15, 0.2) is 28.8 Å². The summed E-state index contributed by atoms with van der Waals surface area (Å²) in [6, 6.07) is 6.55. The van der Waals surface area contributed by atoms with E-state index in [1.165, 1.54) is 0 Å². The van der Waals surface area contributed by atoms with Gasteiger partial charge in [-0.05, 0) is 31.5 Å². The van der Waals surface area contributed by atoms with Gasteiger partial charge >= 0.3 is 5.97 Å². The largest absolute Gasteiger partial charge is 0.497 e. The smallest absolute Gasteiger partial charge is 0.341 e. The van der Waals surface area contributed by atoms with E-state index < -0.39 is 12.0 Å². The number of ether oxygens (including phenoxy) is 1. The molecule has 0 fully saturated rings. The number of nitrogens with one attached hydrogen (secondary N) is 1. The zero-order valence-electron chi connectivity index (χ0n) is 13.1. The molecule has 0 saturated heterocycles.